The Morgan fingerprint density at radius 1 is 1.12 bits per heavy atom. The molecular weight excluding hydrogens is 330 g/mol. The molecule has 1 atom stereocenters. The first-order valence-corrected chi connectivity index (χ1v) is 8.43. The Labute approximate surface area is 146 Å². The molecular formula is C17H20ClN3O3. The molecule has 24 heavy (non-hydrogen) atoms. The Balaban J connectivity index is 1.63. The van der Waals surface area contributed by atoms with E-state index < -0.39 is 0 Å². The van der Waals surface area contributed by atoms with Crippen molar-refractivity contribution in [3.63, 3.8) is 0 Å². The van der Waals surface area contributed by atoms with Crippen LogP contribution in [0, 0.1) is 5.92 Å². The van der Waals surface area contributed by atoms with Crippen molar-refractivity contribution in [2.75, 3.05) is 37.6 Å². The average Bonchev–Trinajstić information content (AvgIpc) is 2.96. The van der Waals surface area contributed by atoms with Crippen molar-refractivity contribution in [1.29, 1.82) is 0 Å². The largest absolute Gasteiger partial charge is 0.339 e. The fraction of sp³-hybridized carbons (Fsp3) is 0.471. The van der Waals surface area contributed by atoms with E-state index in [0.717, 1.165) is 5.69 Å². The van der Waals surface area contributed by atoms with Crippen LogP contribution in [0.25, 0.3) is 0 Å². The van der Waals surface area contributed by atoms with E-state index in [9.17, 15) is 14.4 Å². The van der Waals surface area contributed by atoms with Gasteiger partial charge in [-0.15, -0.1) is 0 Å². The second-order valence-corrected chi connectivity index (χ2v) is 6.65. The van der Waals surface area contributed by atoms with Crippen LogP contribution in [0.15, 0.2) is 24.3 Å². The molecule has 0 unspecified atom stereocenters. The van der Waals surface area contributed by atoms with Crippen LogP contribution in [0.5, 0.6) is 0 Å². The summed E-state index contributed by atoms with van der Waals surface area (Å²) in [5, 5.41) is 0.565. The molecule has 2 saturated heterocycles. The Morgan fingerprint density at radius 3 is 2.42 bits per heavy atom. The number of carbonyl (C=O) groups excluding carboxylic acids is 3. The van der Waals surface area contributed by atoms with Gasteiger partial charge >= 0.3 is 0 Å². The number of hydrogen-bond donors (Lipinski definition) is 0. The van der Waals surface area contributed by atoms with Crippen LogP contribution in [0.3, 0.4) is 0 Å². The first kappa shape index (κ1) is 16.8. The first-order valence-electron chi connectivity index (χ1n) is 8.06. The molecule has 3 amide bonds. The highest BCUT2D eigenvalue weighted by Gasteiger charge is 2.38. The molecule has 128 valence electrons. The van der Waals surface area contributed by atoms with Crippen LogP contribution in [-0.4, -0.2) is 60.2 Å². The van der Waals surface area contributed by atoms with Crippen molar-refractivity contribution < 1.29 is 14.4 Å². The summed E-state index contributed by atoms with van der Waals surface area (Å²) in [6.45, 7) is 4.08. The van der Waals surface area contributed by atoms with E-state index in [1.807, 2.05) is 6.07 Å². The van der Waals surface area contributed by atoms with Gasteiger partial charge in [-0.05, 0) is 18.2 Å². The zero-order valence-corrected chi connectivity index (χ0v) is 14.3. The average molecular weight is 350 g/mol. The van der Waals surface area contributed by atoms with Crippen LogP contribution < -0.4 is 4.90 Å². The molecule has 2 aliphatic heterocycles. The fourth-order valence-electron chi connectivity index (χ4n) is 3.27. The van der Waals surface area contributed by atoms with E-state index >= 15 is 0 Å². The van der Waals surface area contributed by atoms with Gasteiger partial charge in [0.05, 0.1) is 5.92 Å². The van der Waals surface area contributed by atoms with Gasteiger partial charge in [-0.1, -0.05) is 17.7 Å². The van der Waals surface area contributed by atoms with Gasteiger partial charge in [0, 0.05) is 56.8 Å². The van der Waals surface area contributed by atoms with Gasteiger partial charge in [0.1, 0.15) is 0 Å². The quantitative estimate of drug-likeness (QED) is 0.810. The van der Waals surface area contributed by atoms with Crippen LogP contribution in [-0.2, 0) is 14.4 Å². The summed E-state index contributed by atoms with van der Waals surface area (Å²) in [6.07, 6.45) is 0.221. The van der Waals surface area contributed by atoms with Crippen LogP contribution in [0.2, 0.25) is 5.02 Å². The normalized spacial score (nSPS) is 21.3. The SMILES string of the molecule is CC(=O)N1CCN(C(=O)[C@H]2CC(=O)N(c3cccc(Cl)c3)C2)CC1. The number of hydrogen-bond acceptors (Lipinski definition) is 3. The van der Waals surface area contributed by atoms with E-state index in [1.54, 1.807) is 32.9 Å². The molecule has 2 fully saturated rings. The second kappa shape index (κ2) is 6.81. The lowest BCUT2D eigenvalue weighted by atomic mass is 10.1. The van der Waals surface area contributed by atoms with Gasteiger partial charge in [0.25, 0.3) is 0 Å². The summed E-state index contributed by atoms with van der Waals surface area (Å²) in [5.74, 6) is -0.361. The Kier molecular flexibility index (Phi) is 4.76. The molecule has 2 heterocycles. The lowest BCUT2D eigenvalue weighted by Crippen LogP contribution is -2.51. The lowest BCUT2D eigenvalue weighted by molar-refractivity contribution is -0.141. The number of piperazine rings is 1. The summed E-state index contributed by atoms with van der Waals surface area (Å²) in [6, 6.07) is 7.10. The molecule has 0 spiro atoms. The maximum atomic E-state index is 12.7. The van der Waals surface area contributed by atoms with Crippen molar-refractivity contribution in [2.45, 2.75) is 13.3 Å². The highest BCUT2D eigenvalue weighted by Crippen LogP contribution is 2.28. The molecule has 0 aromatic heterocycles. The summed E-state index contributed by atoms with van der Waals surface area (Å²) < 4.78 is 0. The molecule has 0 bridgehead atoms. The van der Waals surface area contributed by atoms with Gasteiger partial charge in [0.2, 0.25) is 17.7 Å². The van der Waals surface area contributed by atoms with Crippen molar-refractivity contribution in [3.05, 3.63) is 29.3 Å². The molecule has 1 aromatic carbocycles. The fourth-order valence-corrected chi connectivity index (χ4v) is 3.45. The first-order chi connectivity index (χ1) is 11.5. The topological polar surface area (TPSA) is 60.9 Å². The molecule has 1 aromatic rings. The van der Waals surface area contributed by atoms with Crippen LogP contribution in [0.1, 0.15) is 13.3 Å². The van der Waals surface area contributed by atoms with Gasteiger partial charge in [-0.2, -0.15) is 0 Å². The van der Waals surface area contributed by atoms with Gasteiger partial charge < -0.3 is 14.7 Å². The van der Waals surface area contributed by atoms with E-state index in [1.165, 1.54) is 6.92 Å². The molecule has 7 heteroatoms. The number of carbonyl (C=O) groups is 3. The number of amides is 3. The summed E-state index contributed by atoms with van der Waals surface area (Å²) in [5.41, 5.74) is 0.726. The summed E-state index contributed by atoms with van der Waals surface area (Å²) in [4.78, 5) is 41.5. The second-order valence-electron chi connectivity index (χ2n) is 6.22. The summed E-state index contributed by atoms with van der Waals surface area (Å²) >= 11 is 5.99. The smallest absolute Gasteiger partial charge is 0.228 e. The minimum atomic E-state index is -0.333. The minimum absolute atomic E-state index is 0.00363. The number of rotatable bonds is 2. The number of nitrogens with zero attached hydrogens (tertiary/aromatic N) is 3. The molecule has 2 aliphatic rings. The Morgan fingerprint density at radius 2 is 1.79 bits per heavy atom. The highest BCUT2D eigenvalue weighted by atomic mass is 35.5. The molecule has 0 N–H and O–H groups in total. The monoisotopic (exact) mass is 349 g/mol. The molecule has 6 nitrogen and oxygen atoms in total. The van der Waals surface area contributed by atoms with E-state index in [0.29, 0.717) is 37.7 Å². The van der Waals surface area contributed by atoms with Crippen LogP contribution in [0.4, 0.5) is 5.69 Å². The predicted molar refractivity (Wildman–Crippen MR) is 90.7 cm³/mol. The van der Waals surface area contributed by atoms with Crippen LogP contribution >= 0.6 is 11.6 Å². The van der Waals surface area contributed by atoms with Gasteiger partial charge in [-0.3, -0.25) is 14.4 Å². The molecule has 0 aliphatic carbocycles. The van der Waals surface area contributed by atoms with Gasteiger partial charge in [0.15, 0.2) is 0 Å². The van der Waals surface area contributed by atoms with Crippen molar-refractivity contribution in [2.24, 2.45) is 5.92 Å². The van der Waals surface area contributed by atoms with E-state index in [4.69, 9.17) is 11.6 Å². The zero-order chi connectivity index (χ0) is 17.3. The van der Waals surface area contributed by atoms with Crippen molar-refractivity contribution in [3.8, 4) is 0 Å². The minimum Gasteiger partial charge on any atom is -0.339 e. The van der Waals surface area contributed by atoms with Crippen molar-refractivity contribution >= 4 is 35.0 Å². The number of benzene rings is 1. The maximum Gasteiger partial charge on any atom is 0.228 e. The predicted octanol–water partition coefficient (Wildman–Crippen LogP) is 1.38. The Bertz CT molecular complexity index is 671. The zero-order valence-electron chi connectivity index (χ0n) is 13.6. The number of halogens is 1. The standard InChI is InChI=1S/C17H20ClN3O3/c1-12(22)19-5-7-20(8-6-19)17(24)13-9-16(23)21(11-13)15-4-2-3-14(18)10-15/h2-4,10,13H,5-9,11H2,1H3/t13-/m0/s1. The third kappa shape index (κ3) is 3.38. The van der Waals surface area contributed by atoms with E-state index in [2.05, 4.69) is 0 Å². The molecule has 0 saturated carbocycles. The van der Waals surface area contributed by atoms with E-state index in [-0.39, 0.29) is 30.1 Å². The molecule has 0 radical (unpaired) electrons. The lowest BCUT2D eigenvalue weighted by Gasteiger charge is -2.35. The summed E-state index contributed by atoms with van der Waals surface area (Å²) in [7, 11) is 0. The van der Waals surface area contributed by atoms with Gasteiger partial charge in [-0.25, -0.2) is 0 Å². The number of anilines is 1. The van der Waals surface area contributed by atoms with Crippen molar-refractivity contribution in [1.82, 2.24) is 9.80 Å². The molecule has 3 rings (SSSR count). The third-order valence-corrected chi connectivity index (χ3v) is 4.87. The maximum absolute atomic E-state index is 12.7. The highest BCUT2D eigenvalue weighted by molar-refractivity contribution is 6.31. The Hall–Kier alpha value is -2.08. The third-order valence-electron chi connectivity index (χ3n) is 4.63.